The van der Waals surface area contributed by atoms with Gasteiger partial charge in [0.05, 0.1) is 19.6 Å². The highest BCUT2D eigenvalue weighted by atomic mass is 16.7. The van der Waals surface area contributed by atoms with Gasteiger partial charge in [-0.2, -0.15) is 0 Å². The highest BCUT2D eigenvalue weighted by Crippen LogP contribution is 2.36. The minimum absolute atomic E-state index is 0.0635. The molecule has 12 heteroatoms. The van der Waals surface area contributed by atoms with E-state index < -0.39 is 55.4 Å². The number of hydrogen-bond acceptors (Lipinski definition) is 11. The Morgan fingerprint density at radius 3 is 2.06 bits per heavy atom. The molecule has 0 saturated carbocycles. The van der Waals surface area contributed by atoms with Gasteiger partial charge >= 0.3 is 11.9 Å². The van der Waals surface area contributed by atoms with E-state index in [2.05, 4.69) is 85.1 Å². The van der Waals surface area contributed by atoms with Gasteiger partial charge in [0.25, 0.3) is 0 Å². The summed E-state index contributed by atoms with van der Waals surface area (Å²) in [5, 5.41) is 50.2. The third-order valence-electron chi connectivity index (χ3n) is 11.7. The Kier molecular flexibility index (Phi) is 21.3. The number of carbonyl (C=O) groups excluding carboxylic acids is 3. The lowest BCUT2D eigenvalue weighted by Crippen LogP contribution is -2.59. The van der Waals surface area contributed by atoms with Gasteiger partial charge < -0.3 is 44.7 Å². The Hall–Kier alpha value is -4.43. The average molecular weight is 872 g/mol. The Morgan fingerprint density at radius 2 is 1.33 bits per heavy atom. The van der Waals surface area contributed by atoms with Gasteiger partial charge in [-0.05, 0) is 89.2 Å². The van der Waals surface area contributed by atoms with Gasteiger partial charge in [-0.15, -0.1) is 0 Å². The summed E-state index contributed by atoms with van der Waals surface area (Å²) in [6.45, 7) is 1.43. The number of unbranched alkanes of at least 4 members (excludes halogenated alkanes) is 10. The molecule has 1 unspecified atom stereocenters. The summed E-state index contributed by atoms with van der Waals surface area (Å²) in [5.74, 6) is -1.04. The molecule has 1 amide bonds. The fourth-order valence-electron chi connectivity index (χ4n) is 8.09. The zero-order valence-electron chi connectivity index (χ0n) is 37.0. The summed E-state index contributed by atoms with van der Waals surface area (Å²) in [4.78, 5) is 38.5. The van der Waals surface area contributed by atoms with Gasteiger partial charge in [0.2, 0.25) is 5.91 Å². The van der Waals surface area contributed by atoms with Crippen LogP contribution in [-0.4, -0.2) is 101 Å². The zero-order valence-corrected chi connectivity index (χ0v) is 37.0. The Morgan fingerprint density at radius 1 is 0.698 bits per heavy atom. The van der Waals surface area contributed by atoms with Crippen LogP contribution in [0.15, 0.2) is 78.9 Å². The van der Waals surface area contributed by atoms with E-state index >= 15 is 0 Å². The van der Waals surface area contributed by atoms with Crippen LogP contribution < -0.4 is 5.32 Å². The van der Waals surface area contributed by atoms with E-state index in [1.165, 1.54) is 40.8 Å². The molecule has 5 N–H and O–H groups in total. The highest BCUT2D eigenvalue weighted by molar-refractivity contribution is 6.23. The molecule has 1 aliphatic rings. The number of allylic oxidation sites excluding steroid dienone is 4. The third kappa shape index (κ3) is 15.7. The Balaban J connectivity index is 0.987. The number of aliphatic hydroxyl groups is 4. The first-order valence-corrected chi connectivity index (χ1v) is 23.2. The van der Waals surface area contributed by atoms with Crippen molar-refractivity contribution in [3.05, 3.63) is 84.5 Å². The van der Waals surface area contributed by atoms with Crippen LogP contribution in [0.1, 0.15) is 115 Å². The fourth-order valence-corrected chi connectivity index (χ4v) is 8.09. The van der Waals surface area contributed by atoms with Crippen LogP contribution >= 0.6 is 0 Å². The molecule has 344 valence electrons. The molecule has 0 radical (unpaired) electrons. The molecular weight excluding hydrogens is 803 g/mol. The lowest BCUT2D eigenvalue weighted by atomic mass is 9.91. The molecule has 6 atom stereocenters. The lowest BCUT2D eigenvalue weighted by Gasteiger charge is -2.39. The minimum atomic E-state index is -1.63. The normalized spacial score (nSPS) is 19.7. The summed E-state index contributed by atoms with van der Waals surface area (Å²) < 4.78 is 22.2. The van der Waals surface area contributed by atoms with Crippen molar-refractivity contribution < 1.29 is 53.8 Å². The van der Waals surface area contributed by atoms with Crippen LogP contribution in [0, 0.1) is 0 Å². The number of esters is 2. The highest BCUT2D eigenvalue weighted by Gasteiger charge is 2.44. The largest absolute Gasteiger partial charge is 0.462 e. The SMILES string of the molecule is CCCCC/C=C\C/C=C\CCCCCCCC(=O)OC(COC(=O)CCCCCNC(=O)Cc1ccc2ccc3cccc4ccc1c2c34)CO[C@@H]1O[C@H](CO)[C@H](O)[C@H](O)[C@H]1O. The van der Waals surface area contributed by atoms with E-state index in [9.17, 15) is 34.8 Å². The van der Waals surface area contributed by atoms with Crippen LogP contribution in [0.25, 0.3) is 32.3 Å². The molecule has 4 aromatic rings. The second-order valence-electron chi connectivity index (χ2n) is 16.7. The molecule has 4 aromatic carbocycles. The maximum absolute atomic E-state index is 13.0. The summed E-state index contributed by atoms with van der Waals surface area (Å²) >= 11 is 0. The Labute approximate surface area is 372 Å². The van der Waals surface area contributed by atoms with Crippen molar-refractivity contribution in [1.82, 2.24) is 5.32 Å². The number of rotatable bonds is 29. The van der Waals surface area contributed by atoms with Crippen molar-refractivity contribution in [2.45, 2.75) is 153 Å². The van der Waals surface area contributed by atoms with Crippen LogP contribution in [0.3, 0.4) is 0 Å². The molecule has 12 nitrogen and oxygen atoms in total. The van der Waals surface area contributed by atoms with Crippen molar-refractivity contribution in [3.63, 3.8) is 0 Å². The average Bonchev–Trinajstić information content (AvgIpc) is 3.29. The zero-order chi connectivity index (χ0) is 44.8. The molecule has 0 bridgehead atoms. The minimum Gasteiger partial charge on any atom is -0.462 e. The van der Waals surface area contributed by atoms with Crippen molar-refractivity contribution >= 4 is 50.2 Å². The predicted molar refractivity (Wildman–Crippen MR) is 245 cm³/mol. The third-order valence-corrected chi connectivity index (χ3v) is 11.7. The van der Waals surface area contributed by atoms with Gasteiger partial charge in [-0.25, -0.2) is 0 Å². The second kappa shape index (κ2) is 27.0. The monoisotopic (exact) mass is 871 g/mol. The number of nitrogens with one attached hydrogen (secondary N) is 1. The number of aliphatic hydroxyl groups excluding tert-OH is 4. The van der Waals surface area contributed by atoms with Crippen molar-refractivity contribution in [2.75, 3.05) is 26.4 Å². The smallest absolute Gasteiger partial charge is 0.306 e. The Bertz CT molecular complexity index is 2030. The van der Waals surface area contributed by atoms with E-state index in [0.29, 0.717) is 32.2 Å². The molecule has 1 fully saturated rings. The maximum Gasteiger partial charge on any atom is 0.306 e. The quantitative estimate of drug-likeness (QED) is 0.0155. The molecule has 63 heavy (non-hydrogen) atoms. The first-order chi connectivity index (χ1) is 30.7. The second-order valence-corrected chi connectivity index (χ2v) is 16.7. The standard InChI is InChI=1S/C51H69NO11/c1-2-3-4-5-6-7-8-9-10-11-12-13-14-15-17-24-45(56)62-40(35-61-51-50(59)49(58)48(57)42(33-53)63-51)34-60-44(55)23-18-16-19-31-52-43(54)32-39-28-27-38-26-25-36-21-20-22-37-29-30-41(39)47(38)46(36)37/h6-7,9-10,20-22,25-30,40,42,48-51,53,57-59H,2-5,8,11-19,23-24,31-35H2,1H3,(H,52,54)/b7-6-,10-9-/t40?,42-,48+,49+,50-,51-/m1/s1. The summed E-state index contributed by atoms with van der Waals surface area (Å²) in [6.07, 6.45) is 14.5. The number of carbonyl (C=O) groups is 3. The van der Waals surface area contributed by atoms with Gasteiger partial charge in [-0.3, -0.25) is 14.4 Å². The number of amides is 1. The van der Waals surface area contributed by atoms with Crippen LogP contribution in [0.4, 0.5) is 0 Å². The first kappa shape index (κ1) is 49.6. The van der Waals surface area contributed by atoms with Gasteiger partial charge in [0, 0.05) is 19.4 Å². The van der Waals surface area contributed by atoms with E-state index in [0.717, 1.165) is 61.3 Å². The van der Waals surface area contributed by atoms with E-state index in [-0.39, 0.29) is 38.4 Å². The number of benzene rings is 4. The van der Waals surface area contributed by atoms with Crippen LogP contribution in [-0.2, 0) is 39.8 Å². The summed E-state index contributed by atoms with van der Waals surface area (Å²) in [6, 6.07) is 18.9. The first-order valence-electron chi connectivity index (χ1n) is 23.2. The van der Waals surface area contributed by atoms with Gasteiger partial charge in [0.1, 0.15) is 31.0 Å². The molecule has 1 saturated heterocycles. The lowest BCUT2D eigenvalue weighted by molar-refractivity contribution is -0.305. The van der Waals surface area contributed by atoms with Crippen molar-refractivity contribution in [3.8, 4) is 0 Å². The molecular formula is C51H69NO11. The number of hydrogen-bond donors (Lipinski definition) is 5. The predicted octanol–water partition coefficient (Wildman–Crippen LogP) is 7.89. The fraction of sp³-hybridized carbons (Fsp3) is 0.549. The molecule has 1 heterocycles. The maximum atomic E-state index is 13.0. The van der Waals surface area contributed by atoms with E-state index in [1.807, 2.05) is 6.07 Å². The van der Waals surface area contributed by atoms with Gasteiger partial charge in [0.15, 0.2) is 12.4 Å². The summed E-state index contributed by atoms with van der Waals surface area (Å²) in [5.41, 5.74) is 0.977. The van der Waals surface area contributed by atoms with Crippen LogP contribution in [0.5, 0.6) is 0 Å². The molecule has 5 rings (SSSR count). The topological polar surface area (TPSA) is 181 Å². The molecule has 0 spiro atoms. The molecule has 1 aliphatic heterocycles. The van der Waals surface area contributed by atoms with Crippen molar-refractivity contribution in [2.24, 2.45) is 0 Å². The van der Waals surface area contributed by atoms with E-state index in [4.69, 9.17) is 18.9 Å². The molecule has 0 aromatic heterocycles. The summed E-state index contributed by atoms with van der Waals surface area (Å²) in [7, 11) is 0. The number of ether oxygens (including phenoxy) is 4. The van der Waals surface area contributed by atoms with E-state index in [1.54, 1.807) is 0 Å². The van der Waals surface area contributed by atoms with Gasteiger partial charge in [-0.1, -0.05) is 124 Å². The van der Waals surface area contributed by atoms with Crippen LogP contribution in [0.2, 0.25) is 0 Å². The van der Waals surface area contributed by atoms with Crippen molar-refractivity contribution in [1.29, 1.82) is 0 Å². The molecule has 0 aliphatic carbocycles.